The zero-order valence-corrected chi connectivity index (χ0v) is 15.0. The highest BCUT2D eigenvalue weighted by atomic mass is 35.5. The number of halogens is 1. The van der Waals surface area contributed by atoms with E-state index in [1.807, 2.05) is 41.9 Å². The number of aromatic nitrogens is 2. The molecule has 5 nitrogen and oxygen atoms in total. The summed E-state index contributed by atoms with van der Waals surface area (Å²) in [6.07, 6.45) is 1.80. The maximum absolute atomic E-state index is 12.3. The van der Waals surface area contributed by atoms with Crippen molar-refractivity contribution < 1.29 is 4.79 Å². The Balaban J connectivity index is 1.88. The number of hydrogen-bond acceptors (Lipinski definition) is 4. The zero-order chi connectivity index (χ0) is 17.1. The Morgan fingerprint density at radius 2 is 2.21 bits per heavy atom. The number of nitrogens with two attached hydrogens (primary N) is 1. The third-order valence-corrected chi connectivity index (χ3v) is 5.08. The molecule has 2 heterocycles. The first kappa shape index (κ1) is 17.0. The van der Waals surface area contributed by atoms with E-state index in [2.05, 4.69) is 10.4 Å². The predicted octanol–water partition coefficient (Wildman–Crippen LogP) is 3.52. The third-order valence-electron chi connectivity index (χ3n) is 3.74. The Kier molecular flexibility index (Phi) is 5.18. The van der Waals surface area contributed by atoms with E-state index in [0.29, 0.717) is 23.0 Å². The van der Waals surface area contributed by atoms with Gasteiger partial charge in [0.25, 0.3) is 5.91 Å². The molecule has 3 rings (SSSR count). The number of amides is 1. The number of hydrogen-bond donors (Lipinski definition) is 2. The van der Waals surface area contributed by atoms with Crippen molar-refractivity contribution in [2.24, 2.45) is 5.73 Å². The number of benzene rings is 1. The third kappa shape index (κ3) is 3.45. The van der Waals surface area contributed by atoms with Crippen molar-refractivity contribution in [2.45, 2.75) is 19.8 Å². The summed E-state index contributed by atoms with van der Waals surface area (Å²) in [6.45, 7) is 3.23. The lowest BCUT2D eigenvalue weighted by Gasteiger charge is -2.03. The fourth-order valence-electron chi connectivity index (χ4n) is 2.50. The molecule has 0 bridgehead atoms. The Morgan fingerprint density at radius 3 is 2.96 bits per heavy atom. The van der Waals surface area contributed by atoms with Gasteiger partial charge in [-0.2, -0.15) is 5.10 Å². The Morgan fingerprint density at radius 1 is 1.38 bits per heavy atom. The number of aryl methyl sites for hydroxylation is 1. The minimum absolute atomic E-state index is 0.0507. The molecule has 1 aromatic carbocycles. The first-order valence-electron chi connectivity index (χ1n) is 7.83. The molecule has 0 aliphatic rings. The van der Waals surface area contributed by atoms with Crippen molar-refractivity contribution in [1.82, 2.24) is 15.1 Å². The molecule has 126 valence electrons. The number of carbonyl (C=O) groups is 1. The summed E-state index contributed by atoms with van der Waals surface area (Å²) in [7, 11) is 0. The normalized spacial score (nSPS) is 11.1. The molecule has 0 unspecified atom stereocenters. The van der Waals surface area contributed by atoms with E-state index in [1.54, 1.807) is 0 Å². The smallest absolute Gasteiger partial charge is 0.261 e. The molecule has 7 heteroatoms. The van der Waals surface area contributed by atoms with Gasteiger partial charge < -0.3 is 11.1 Å². The number of carbonyl (C=O) groups excluding carboxylic acids is 1. The van der Waals surface area contributed by atoms with E-state index in [-0.39, 0.29) is 5.91 Å². The second kappa shape index (κ2) is 7.34. The molecular formula is C17H19ClN4OS. The highest BCUT2D eigenvalue weighted by Gasteiger charge is 2.17. The first-order valence-corrected chi connectivity index (χ1v) is 9.03. The molecule has 0 saturated heterocycles. The van der Waals surface area contributed by atoms with Gasteiger partial charge in [-0.3, -0.25) is 4.79 Å². The van der Waals surface area contributed by atoms with Gasteiger partial charge in [-0.05, 0) is 50.6 Å². The van der Waals surface area contributed by atoms with Gasteiger partial charge in [-0.1, -0.05) is 17.7 Å². The van der Waals surface area contributed by atoms with E-state index in [4.69, 9.17) is 17.3 Å². The molecular weight excluding hydrogens is 344 g/mol. The van der Waals surface area contributed by atoms with Crippen molar-refractivity contribution in [2.75, 3.05) is 13.1 Å². The summed E-state index contributed by atoms with van der Waals surface area (Å²) in [6, 6.07) is 9.43. The maximum atomic E-state index is 12.3. The number of fused-ring (bicyclic) bond motifs is 1. The quantitative estimate of drug-likeness (QED) is 0.659. The van der Waals surface area contributed by atoms with Crippen LogP contribution < -0.4 is 11.1 Å². The fourth-order valence-corrected chi connectivity index (χ4v) is 3.78. The minimum Gasteiger partial charge on any atom is -0.351 e. The van der Waals surface area contributed by atoms with Gasteiger partial charge in [0.15, 0.2) is 0 Å². The van der Waals surface area contributed by atoms with Gasteiger partial charge in [-0.15, -0.1) is 11.3 Å². The molecule has 0 saturated carbocycles. The molecule has 0 aliphatic heterocycles. The van der Waals surface area contributed by atoms with Crippen molar-refractivity contribution >= 4 is 39.1 Å². The van der Waals surface area contributed by atoms with E-state index in [1.165, 1.54) is 11.3 Å². The SMILES string of the molecule is Cc1nn(-c2cccc(Cl)c2)c2sc(C(=O)NCCCCN)cc12. The van der Waals surface area contributed by atoms with Crippen LogP contribution in [0.15, 0.2) is 30.3 Å². The van der Waals surface area contributed by atoms with E-state index >= 15 is 0 Å². The van der Waals surface area contributed by atoms with Gasteiger partial charge in [0.05, 0.1) is 16.3 Å². The first-order chi connectivity index (χ1) is 11.6. The summed E-state index contributed by atoms with van der Waals surface area (Å²) in [5, 5.41) is 9.16. The van der Waals surface area contributed by atoms with Crippen LogP contribution in [0.1, 0.15) is 28.2 Å². The molecule has 24 heavy (non-hydrogen) atoms. The molecule has 3 N–H and O–H groups in total. The summed E-state index contributed by atoms with van der Waals surface area (Å²) < 4.78 is 1.84. The van der Waals surface area contributed by atoms with E-state index in [0.717, 1.165) is 34.4 Å². The summed E-state index contributed by atoms with van der Waals surface area (Å²) in [5.41, 5.74) is 7.24. The second-order valence-corrected chi connectivity index (χ2v) is 7.03. The van der Waals surface area contributed by atoms with E-state index in [9.17, 15) is 4.79 Å². The van der Waals surface area contributed by atoms with Crippen LogP contribution in [0, 0.1) is 6.92 Å². The number of rotatable bonds is 6. The molecule has 0 fully saturated rings. The van der Waals surface area contributed by atoms with Gasteiger partial charge in [-0.25, -0.2) is 4.68 Å². The largest absolute Gasteiger partial charge is 0.351 e. The lowest BCUT2D eigenvalue weighted by atomic mass is 10.3. The minimum atomic E-state index is -0.0507. The average molecular weight is 363 g/mol. The van der Waals surface area contributed by atoms with Crippen molar-refractivity contribution in [3.8, 4) is 5.69 Å². The van der Waals surface area contributed by atoms with Crippen LogP contribution in [0.4, 0.5) is 0 Å². The van der Waals surface area contributed by atoms with Gasteiger partial charge in [0.2, 0.25) is 0 Å². The molecule has 1 amide bonds. The highest BCUT2D eigenvalue weighted by molar-refractivity contribution is 7.20. The van der Waals surface area contributed by atoms with Crippen LogP contribution in [0.3, 0.4) is 0 Å². The summed E-state index contributed by atoms with van der Waals surface area (Å²) in [5.74, 6) is -0.0507. The molecule has 0 aliphatic carbocycles. The fraction of sp³-hybridized carbons (Fsp3) is 0.294. The van der Waals surface area contributed by atoms with Gasteiger partial charge >= 0.3 is 0 Å². The lowest BCUT2D eigenvalue weighted by molar-refractivity contribution is 0.0957. The second-order valence-electron chi connectivity index (χ2n) is 5.56. The van der Waals surface area contributed by atoms with Crippen molar-refractivity contribution in [3.63, 3.8) is 0 Å². The molecule has 3 aromatic rings. The topological polar surface area (TPSA) is 72.9 Å². The van der Waals surface area contributed by atoms with Gasteiger partial charge in [0, 0.05) is 17.0 Å². The predicted molar refractivity (Wildman–Crippen MR) is 99.3 cm³/mol. The summed E-state index contributed by atoms with van der Waals surface area (Å²) >= 11 is 7.52. The zero-order valence-electron chi connectivity index (χ0n) is 13.4. The van der Waals surface area contributed by atoms with Crippen LogP contribution in [-0.2, 0) is 0 Å². The number of unbranched alkanes of at least 4 members (excludes halogenated alkanes) is 1. The summed E-state index contributed by atoms with van der Waals surface area (Å²) in [4.78, 5) is 13.9. The Labute approximate surface area is 149 Å². The van der Waals surface area contributed by atoms with Crippen molar-refractivity contribution in [3.05, 3.63) is 45.9 Å². The number of nitrogens with zero attached hydrogens (tertiary/aromatic N) is 2. The van der Waals surface area contributed by atoms with E-state index < -0.39 is 0 Å². The molecule has 0 spiro atoms. The standard InChI is InChI=1S/C17H19ClN4OS/c1-11-14-10-15(16(23)20-8-3-2-7-19)24-17(14)22(21-11)13-6-4-5-12(18)9-13/h4-6,9-10H,2-3,7-8,19H2,1H3,(H,20,23). The van der Waals surface area contributed by atoms with Crippen molar-refractivity contribution in [1.29, 1.82) is 0 Å². The van der Waals surface area contributed by atoms with Crippen LogP contribution in [-0.4, -0.2) is 28.8 Å². The lowest BCUT2D eigenvalue weighted by Crippen LogP contribution is -2.24. The molecule has 2 aromatic heterocycles. The van der Waals surface area contributed by atoms with Crippen LogP contribution in [0.5, 0.6) is 0 Å². The average Bonchev–Trinajstić information content (AvgIpc) is 3.12. The Hall–Kier alpha value is -1.89. The molecule has 0 atom stereocenters. The number of thiophene rings is 1. The molecule has 0 radical (unpaired) electrons. The highest BCUT2D eigenvalue weighted by Crippen LogP contribution is 2.30. The van der Waals surface area contributed by atoms with Crippen LogP contribution >= 0.6 is 22.9 Å². The van der Waals surface area contributed by atoms with Gasteiger partial charge in [0.1, 0.15) is 4.83 Å². The number of nitrogens with one attached hydrogen (secondary N) is 1. The Bertz CT molecular complexity index is 871. The monoisotopic (exact) mass is 362 g/mol. The van der Waals surface area contributed by atoms with Crippen LogP contribution in [0.25, 0.3) is 15.9 Å². The maximum Gasteiger partial charge on any atom is 0.261 e. The van der Waals surface area contributed by atoms with Crippen LogP contribution in [0.2, 0.25) is 5.02 Å².